The molecular weight excluding hydrogens is 312 g/mol. The third kappa shape index (κ3) is 3.64. The maximum Gasteiger partial charge on any atom is 0.123 e. The van der Waals surface area contributed by atoms with Gasteiger partial charge >= 0.3 is 0 Å². The van der Waals surface area contributed by atoms with Gasteiger partial charge in [-0.1, -0.05) is 11.6 Å². The van der Waals surface area contributed by atoms with E-state index in [1.54, 1.807) is 14.2 Å². The molecule has 0 aliphatic rings. The van der Waals surface area contributed by atoms with Crippen molar-refractivity contribution >= 4 is 10.9 Å². The molecule has 0 saturated heterocycles. The van der Waals surface area contributed by atoms with Crippen molar-refractivity contribution in [3.05, 3.63) is 47.5 Å². The number of nitrogens with one attached hydrogen (secondary N) is 1. The molecule has 1 aromatic heterocycles. The maximum absolute atomic E-state index is 5.69. The maximum atomic E-state index is 5.69. The molecule has 1 heterocycles. The number of aromatic nitrogens is 1. The summed E-state index contributed by atoms with van der Waals surface area (Å²) in [5.74, 6) is 1.58. The summed E-state index contributed by atoms with van der Waals surface area (Å²) >= 11 is 0. The molecule has 3 rings (SSSR count). The normalized spacial score (nSPS) is 11.0. The van der Waals surface area contributed by atoms with Crippen LogP contribution in [0.1, 0.15) is 24.0 Å². The molecule has 0 radical (unpaired) electrons. The zero-order valence-corrected chi connectivity index (χ0v) is 15.2. The van der Waals surface area contributed by atoms with Crippen molar-refractivity contribution in [1.82, 2.24) is 4.98 Å². The number of aryl methyl sites for hydroxylation is 2. The van der Waals surface area contributed by atoms with E-state index in [1.165, 1.54) is 16.5 Å². The zero-order chi connectivity index (χ0) is 17.8. The Morgan fingerprint density at radius 2 is 1.68 bits per heavy atom. The summed E-state index contributed by atoms with van der Waals surface area (Å²) in [6.45, 7) is 2.86. The number of rotatable bonds is 7. The highest BCUT2D eigenvalue weighted by molar-refractivity contribution is 5.91. The monoisotopic (exact) mass is 338 g/mol. The van der Waals surface area contributed by atoms with E-state index < -0.39 is 0 Å². The fraction of sp³-hybridized carbons (Fsp3) is 0.333. The average molecular weight is 338 g/mol. The summed E-state index contributed by atoms with van der Waals surface area (Å²) in [7, 11) is 3.35. The molecule has 0 spiro atoms. The molecule has 0 amide bonds. The summed E-state index contributed by atoms with van der Waals surface area (Å²) in [6, 6.07) is 12.5. The lowest BCUT2D eigenvalue weighted by Crippen LogP contribution is -1.99. The number of fused-ring (bicyclic) bond motifs is 1. The van der Waals surface area contributed by atoms with Gasteiger partial charge in [0.25, 0.3) is 0 Å². The minimum atomic E-state index is 0.726. The predicted octanol–water partition coefficient (Wildman–Crippen LogP) is 4.44. The summed E-state index contributed by atoms with van der Waals surface area (Å²) in [5, 5.41) is 1.29. The fourth-order valence-electron chi connectivity index (χ4n) is 3.27. The Labute approximate surface area is 149 Å². The lowest BCUT2D eigenvalue weighted by molar-refractivity contribution is 0.394. The third-order valence-electron chi connectivity index (χ3n) is 4.58. The molecular formula is C21H26N2O2. The smallest absolute Gasteiger partial charge is 0.123 e. The Balaban J connectivity index is 2.15. The average Bonchev–Trinajstić information content (AvgIpc) is 2.99. The van der Waals surface area contributed by atoms with Gasteiger partial charge in [-0.25, -0.2) is 0 Å². The largest absolute Gasteiger partial charge is 0.497 e. The van der Waals surface area contributed by atoms with Crippen molar-refractivity contribution in [3.63, 3.8) is 0 Å². The molecule has 25 heavy (non-hydrogen) atoms. The Morgan fingerprint density at radius 1 is 0.960 bits per heavy atom. The van der Waals surface area contributed by atoms with E-state index in [0.717, 1.165) is 54.1 Å². The van der Waals surface area contributed by atoms with Crippen LogP contribution in [0.15, 0.2) is 36.4 Å². The fourth-order valence-corrected chi connectivity index (χ4v) is 3.27. The van der Waals surface area contributed by atoms with Gasteiger partial charge in [0.1, 0.15) is 11.5 Å². The van der Waals surface area contributed by atoms with Gasteiger partial charge in [0.05, 0.1) is 14.2 Å². The first-order valence-electron chi connectivity index (χ1n) is 8.71. The molecule has 0 atom stereocenters. The standard InChI is InChI=1S/C21H26N2O2/c1-14-7-8-20-19(10-14)18(6-4-5-9-22)21(23-20)15-11-16(24-2)13-17(12-15)25-3/h7-8,10-13,23H,4-6,9,22H2,1-3H3. The van der Waals surface area contributed by atoms with Crippen LogP contribution in [0.3, 0.4) is 0 Å². The number of hydrogen-bond acceptors (Lipinski definition) is 3. The van der Waals surface area contributed by atoms with Crippen LogP contribution >= 0.6 is 0 Å². The Hall–Kier alpha value is -2.46. The summed E-state index contributed by atoms with van der Waals surface area (Å²) in [4.78, 5) is 3.59. The molecule has 0 saturated carbocycles. The quantitative estimate of drug-likeness (QED) is 0.626. The Morgan fingerprint density at radius 3 is 2.32 bits per heavy atom. The van der Waals surface area contributed by atoms with E-state index in [2.05, 4.69) is 30.1 Å². The van der Waals surface area contributed by atoms with E-state index in [-0.39, 0.29) is 0 Å². The van der Waals surface area contributed by atoms with E-state index in [0.29, 0.717) is 0 Å². The lowest BCUT2D eigenvalue weighted by Gasteiger charge is -2.10. The van der Waals surface area contributed by atoms with Crippen LogP contribution in [-0.4, -0.2) is 25.7 Å². The molecule has 0 fully saturated rings. The molecule has 4 nitrogen and oxygen atoms in total. The molecule has 132 valence electrons. The van der Waals surface area contributed by atoms with Crippen LogP contribution in [0.2, 0.25) is 0 Å². The number of hydrogen-bond donors (Lipinski definition) is 2. The van der Waals surface area contributed by atoms with Gasteiger partial charge in [-0.05, 0) is 62.6 Å². The summed E-state index contributed by atoms with van der Waals surface area (Å²) in [5.41, 5.74) is 11.7. The van der Waals surface area contributed by atoms with E-state index in [4.69, 9.17) is 15.2 Å². The molecule has 0 unspecified atom stereocenters. The van der Waals surface area contributed by atoms with Crippen molar-refractivity contribution in [2.45, 2.75) is 26.2 Å². The number of ether oxygens (including phenoxy) is 2. The molecule has 2 aromatic carbocycles. The van der Waals surface area contributed by atoms with Gasteiger partial charge in [-0.15, -0.1) is 0 Å². The number of benzene rings is 2. The molecule has 4 heteroatoms. The summed E-state index contributed by atoms with van der Waals surface area (Å²) in [6.07, 6.45) is 3.10. The van der Waals surface area contributed by atoms with Gasteiger partial charge in [-0.3, -0.25) is 0 Å². The highest BCUT2D eigenvalue weighted by atomic mass is 16.5. The van der Waals surface area contributed by atoms with Gasteiger partial charge in [0.15, 0.2) is 0 Å². The third-order valence-corrected chi connectivity index (χ3v) is 4.58. The van der Waals surface area contributed by atoms with E-state index >= 15 is 0 Å². The molecule has 0 aliphatic carbocycles. The number of nitrogens with two attached hydrogens (primary N) is 1. The molecule has 3 N–H and O–H groups in total. The predicted molar refractivity (Wildman–Crippen MR) is 104 cm³/mol. The van der Waals surface area contributed by atoms with Crippen LogP contribution in [0.4, 0.5) is 0 Å². The number of aromatic amines is 1. The van der Waals surface area contributed by atoms with Gasteiger partial charge in [-0.2, -0.15) is 0 Å². The van der Waals surface area contributed by atoms with Crippen molar-refractivity contribution in [3.8, 4) is 22.8 Å². The van der Waals surface area contributed by atoms with Crippen molar-refractivity contribution in [1.29, 1.82) is 0 Å². The van der Waals surface area contributed by atoms with Crippen molar-refractivity contribution in [2.24, 2.45) is 5.73 Å². The first-order chi connectivity index (χ1) is 12.2. The van der Waals surface area contributed by atoms with Crippen LogP contribution in [0.5, 0.6) is 11.5 Å². The number of methoxy groups -OCH3 is 2. The van der Waals surface area contributed by atoms with Gasteiger partial charge < -0.3 is 20.2 Å². The van der Waals surface area contributed by atoms with E-state index in [9.17, 15) is 0 Å². The minimum Gasteiger partial charge on any atom is -0.497 e. The number of unbranched alkanes of at least 4 members (excludes halogenated alkanes) is 1. The topological polar surface area (TPSA) is 60.3 Å². The van der Waals surface area contributed by atoms with Gasteiger partial charge in [0, 0.05) is 28.2 Å². The lowest BCUT2D eigenvalue weighted by atomic mass is 9.99. The number of H-pyrrole nitrogens is 1. The second-order valence-corrected chi connectivity index (χ2v) is 6.37. The highest BCUT2D eigenvalue weighted by Gasteiger charge is 2.15. The SMILES string of the molecule is COc1cc(OC)cc(-c2[nH]c3ccc(C)cc3c2CCCCN)c1. The van der Waals surface area contributed by atoms with Crippen LogP contribution in [0, 0.1) is 6.92 Å². The van der Waals surface area contributed by atoms with Gasteiger partial charge in [0.2, 0.25) is 0 Å². The van der Waals surface area contributed by atoms with Crippen LogP contribution in [-0.2, 0) is 6.42 Å². The zero-order valence-electron chi connectivity index (χ0n) is 15.2. The van der Waals surface area contributed by atoms with Crippen LogP contribution in [0.25, 0.3) is 22.2 Å². The second-order valence-electron chi connectivity index (χ2n) is 6.37. The molecule has 0 bridgehead atoms. The highest BCUT2D eigenvalue weighted by Crippen LogP contribution is 2.36. The molecule has 0 aliphatic heterocycles. The Kier molecular flexibility index (Phi) is 5.29. The Bertz CT molecular complexity index is 845. The van der Waals surface area contributed by atoms with Crippen molar-refractivity contribution in [2.75, 3.05) is 20.8 Å². The summed E-state index contributed by atoms with van der Waals surface area (Å²) < 4.78 is 10.9. The minimum absolute atomic E-state index is 0.726. The van der Waals surface area contributed by atoms with Crippen molar-refractivity contribution < 1.29 is 9.47 Å². The van der Waals surface area contributed by atoms with E-state index in [1.807, 2.05) is 18.2 Å². The second kappa shape index (κ2) is 7.62. The first kappa shape index (κ1) is 17.4. The first-order valence-corrected chi connectivity index (χ1v) is 8.71. The molecule has 3 aromatic rings. The van der Waals surface area contributed by atoms with Crippen LogP contribution < -0.4 is 15.2 Å².